The normalized spacial score (nSPS) is 52.2. The van der Waals surface area contributed by atoms with Crippen LogP contribution in [0.3, 0.4) is 0 Å². The number of ether oxygens (including phenoxy) is 6. The van der Waals surface area contributed by atoms with Crippen molar-refractivity contribution < 1.29 is 48.5 Å². The summed E-state index contributed by atoms with van der Waals surface area (Å²) in [5.74, 6) is -1.39. The number of hydrogen-bond donors (Lipinski definition) is 3. The molecule has 6 aliphatic rings. The van der Waals surface area contributed by atoms with Crippen LogP contribution < -0.4 is 0 Å². The summed E-state index contributed by atoms with van der Waals surface area (Å²) < 4.78 is 35.0. The van der Waals surface area contributed by atoms with Crippen molar-refractivity contribution in [3.05, 3.63) is 23.5 Å². The lowest BCUT2D eigenvalue weighted by Crippen LogP contribution is -2.60. The van der Waals surface area contributed by atoms with Crippen molar-refractivity contribution in [1.29, 1.82) is 0 Å². The molecule has 6 rings (SSSR count). The van der Waals surface area contributed by atoms with Gasteiger partial charge in [-0.3, -0.25) is 4.79 Å². The molecule has 10 nitrogen and oxygen atoms in total. The molecule has 0 bridgehead atoms. The highest BCUT2D eigenvalue weighted by molar-refractivity contribution is 5.74. The minimum absolute atomic E-state index is 0.0114. The second kappa shape index (κ2) is 9.54. The smallest absolute Gasteiger partial charge is 0.309 e. The van der Waals surface area contributed by atoms with Crippen molar-refractivity contribution in [2.45, 2.75) is 108 Å². The third-order valence-corrected chi connectivity index (χ3v) is 10.1. The molecule has 38 heavy (non-hydrogen) atoms. The minimum Gasteiger partial charge on any atom is -0.469 e. The second-order valence-corrected chi connectivity index (χ2v) is 12.3. The molecule has 0 amide bonds. The van der Waals surface area contributed by atoms with Crippen LogP contribution in [0, 0.1) is 23.2 Å². The van der Waals surface area contributed by atoms with Gasteiger partial charge in [0, 0.05) is 14.0 Å². The first-order valence-electron chi connectivity index (χ1n) is 13.8. The Morgan fingerprint density at radius 3 is 2.71 bits per heavy atom. The molecule has 4 fully saturated rings. The first-order chi connectivity index (χ1) is 18.1. The maximum absolute atomic E-state index is 13.5. The molecule has 3 N–H and O–H groups in total. The van der Waals surface area contributed by atoms with Crippen molar-refractivity contribution in [2.75, 3.05) is 13.7 Å². The van der Waals surface area contributed by atoms with Gasteiger partial charge >= 0.3 is 5.97 Å². The number of rotatable bonds is 3. The molecule has 212 valence electrons. The van der Waals surface area contributed by atoms with E-state index in [1.807, 2.05) is 6.92 Å². The monoisotopic (exact) mass is 536 g/mol. The molecule has 8 unspecified atom stereocenters. The topological polar surface area (TPSA) is 133 Å². The Balaban J connectivity index is 1.22. The fourth-order valence-electron chi connectivity index (χ4n) is 7.94. The van der Waals surface area contributed by atoms with E-state index in [4.69, 9.17) is 28.4 Å². The minimum atomic E-state index is -1.20. The Kier molecular flexibility index (Phi) is 6.70. The van der Waals surface area contributed by atoms with Gasteiger partial charge in [-0.05, 0) is 55.9 Å². The number of carbonyl (C=O) groups excluding carboxylic acids is 1. The van der Waals surface area contributed by atoms with Crippen molar-refractivity contribution >= 4 is 5.97 Å². The Hall–Kier alpha value is -1.53. The number of hydrogen-bond acceptors (Lipinski definition) is 10. The van der Waals surface area contributed by atoms with E-state index >= 15 is 0 Å². The highest BCUT2D eigenvalue weighted by Gasteiger charge is 2.58. The van der Waals surface area contributed by atoms with Crippen molar-refractivity contribution in [3.63, 3.8) is 0 Å². The standard InChI is InChI=1S/C28H40O10/c1-13-22(30)24(33-4)23(31)26(36-13)38-19-9-15-6-7-16-17(27(15,2)10-18(19)29)8-5-14-11-34-28(3)21(14)20(12-35-28)37-25(16)32/h6,11,13,16-24,26,29-31H,5,7-10,12H2,1-4H3/t13-,16?,17?,18?,19?,20?,21?,22-,23-,24+,26+,27?,28?/m1/s1. The Morgan fingerprint density at radius 1 is 1.16 bits per heavy atom. The summed E-state index contributed by atoms with van der Waals surface area (Å²) in [6.45, 7) is 6.06. The molecule has 2 aliphatic carbocycles. The van der Waals surface area contributed by atoms with Gasteiger partial charge in [0.25, 0.3) is 0 Å². The van der Waals surface area contributed by atoms with Crippen LogP contribution in [0.5, 0.6) is 0 Å². The van der Waals surface area contributed by atoms with E-state index in [9.17, 15) is 20.1 Å². The van der Waals surface area contributed by atoms with E-state index in [2.05, 4.69) is 13.0 Å². The van der Waals surface area contributed by atoms with Crippen molar-refractivity contribution in [3.8, 4) is 0 Å². The molecular weight excluding hydrogens is 496 g/mol. The van der Waals surface area contributed by atoms with Gasteiger partial charge in [0.1, 0.15) is 24.4 Å². The van der Waals surface area contributed by atoms with Crippen molar-refractivity contribution in [2.24, 2.45) is 23.2 Å². The molecule has 1 saturated carbocycles. The Bertz CT molecular complexity index is 1010. The summed E-state index contributed by atoms with van der Waals surface area (Å²) in [6, 6.07) is 0. The highest BCUT2D eigenvalue weighted by Crippen LogP contribution is 2.57. The molecule has 0 aromatic rings. The molecule has 0 radical (unpaired) electrons. The predicted octanol–water partition coefficient (Wildman–Crippen LogP) is 1.56. The maximum atomic E-state index is 13.5. The average Bonchev–Trinajstić information content (AvgIpc) is 3.38. The van der Waals surface area contributed by atoms with Crippen LogP contribution >= 0.6 is 0 Å². The summed E-state index contributed by atoms with van der Waals surface area (Å²) in [7, 11) is 1.42. The van der Waals surface area contributed by atoms with E-state index < -0.39 is 54.1 Å². The van der Waals surface area contributed by atoms with Crippen LogP contribution in [0.2, 0.25) is 0 Å². The van der Waals surface area contributed by atoms with Crippen LogP contribution in [0.1, 0.15) is 52.9 Å². The molecule has 13 atom stereocenters. The van der Waals surface area contributed by atoms with E-state index in [-0.39, 0.29) is 29.8 Å². The van der Waals surface area contributed by atoms with E-state index in [1.165, 1.54) is 7.11 Å². The molecule has 0 aromatic carbocycles. The quantitative estimate of drug-likeness (QED) is 0.360. The number of aliphatic hydroxyl groups is 3. The first kappa shape index (κ1) is 26.7. The van der Waals surface area contributed by atoms with E-state index in [0.29, 0.717) is 25.9 Å². The number of aliphatic hydroxyl groups excluding tert-OH is 3. The highest BCUT2D eigenvalue weighted by atomic mass is 16.7. The van der Waals surface area contributed by atoms with Gasteiger partial charge in [0.2, 0.25) is 5.79 Å². The lowest BCUT2D eigenvalue weighted by atomic mass is 9.55. The maximum Gasteiger partial charge on any atom is 0.309 e. The molecule has 10 heteroatoms. The van der Waals surface area contributed by atoms with Gasteiger partial charge in [-0.25, -0.2) is 0 Å². The predicted molar refractivity (Wildman–Crippen MR) is 131 cm³/mol. The van der Waals surface area contributed by atoms with Gasteiger partial charge in [-0.15, -0.1) is 0 Å². The Morgan fingerprint density at radius 2 is 1.95 bits per heavy atom. The third-order valence-electron chi connectivity index (χ3n) is 10.1. The summed E-state index contributed by atoms with van der Waals surface area (Å²) in [5.41, 5.74) is 1.85. The molecule has 3 saturated heterocycles. The number of allylic oxidation sites excluding steroid dienone is 1. The number of esters is 1. The lowest BCUT2D eigenvalue weighted by Gasteiger charge is -2.52. The van der Waals surface area contributed by atoms with E-state index in [1.54, 1.807) is 13.2 Å². The zero-order valence-corrected chi connectivity index (χ0v) is 22.4. The number of fused-ring (bicyclic) bond motifs is 3. The fraction of sp³-hybridized carbons (Fsp3) is 0.821. The number of methoxy groups -OCH3 is 1. The zero-order valence-electron chi connectivity index (χ0n) is 22.4. The number of carbonyl (C=O) groups is 1. The van der Waals surface area contributed by atoms with Crippen LogP contribution in [0.25, 0.3) is 0 Å². The van der Waals surface area contributed by atoms with Crippen molar-refractivity contribution in [1.82, 2.24) is 0 Å². The summed E-state index contributed by atoms with van der Waals surface area (Å²) in [4.78, 5) is 13.5. The van der Waals surface area contributed by atoms with Gasteiger partial charge in [0.15, 0.2) is 6.29 Å². The van der Waals surface area contributed by atoms with Crippen LogP contribution in [0.4, 0.5) is 0 Å². The van der Waals surface area contributed by atoms with Crippen LogP contribution in [-0.4, -0.2) is 89.8 Å². The molecule has 4 heterocycles. The summed E-state index contributed by atoms with van der Waals surface area (Å²) in [5, 5.41) is 32.3. The largest absolute Gasteiger partial charge is 0.469 e. The lowest BCUT2D eigenvalue weighted by molar-refractivity contribution is -0.315. The van der Waals surface area contributed by atoms with Crippen LogP contribution in [0.15, 0.2) is 23.5 Å². The van der Waals surface area contributed by atoms with Crippen LogP contribution in [-0.2, 0) is 33.2 Å². The first-order valence-corrected chi connectivity index (χ1v) is 13.8. The van der Waals surface area contributed by atoms with E-state index in [0.717, 1.165) is 24.0 Å². The molecular formula is C28H40O10. The Labute approximate surface area is 222 Å². The van der Waals surface area contributed by atoms with Gasteiger partial charge in [-0.2, -0.15) is 0 Å². The molecule has 0 spiro atoms. The molecule has 0 aromatic heterocycles. The van der Waals surface area contributed by atoms with Gasteiger partial charge in [-0.1, -0.05) is 18.6 Å². The average molecular weight is 537 g/mol. The second-order valence-electron chi connectivity index (χ2n) is 12.3. The van der Waals surface area contributed by atoms with Gasteiger partial charge < -0.3 is 43.7 Å². The fourth-order valence-corrected chi connectivity index (χ4v) is 7.94. The van der Waals surface area contributed by atoms with Gasteiger partial charge in [0.05, 0.1) is 43.0 Å². The molecule has 4 aliphatic heterocycles. The SMILES string of the molecule is CO[C@@H]1[C@@H](O)[C@H](OC2CC3=CCC4C(=O)OC5COC6(C)OC=C(CCC4C3(C)CC2O)C56)O[C@H](C)[C@H]1O. The summed E-state index contributed by atoms with van der Waals surface area (Å²) in [6.07, 6.45) is 0.433. The zero-order chi connectivity index (χ0) is 27.0. The third kappa shape index (κ3) is 4.06. The summed E-state index contributed by atoms with van der Waals surface area (Å²) >= 11 is 0.